The maximum Gasteiger partial charge on any atom is 0.336 e. The van der Waals surface area contributed by atoms with E-state index in [9.17, 15) is 18.8 Å². The van der Waals surface area contributed by atoms with Crippen molar-refractivity contribution in [1.29, 1.82) is 0 Å². The number of hydrogen-bond donors (Lipinski definition) is 0. The highest BCUT2D eigenvalue weighted by atomic mass is 19.1. The Morgan fingerprint density at radius 2 is 1.25 bits per heavy atom. The van der Waals surface area contributed by atoms with Crippen LogP contribution in [0.5, 0.6) is 5.75 Å². The lowest BCUT2D eigenvalue weighted by atomic mass is 10.0. The van der Waals surface area contributed by atoms with Crippen LogP contribution in [-0.4, -0.2) is 31.1 Å². The summed E-state index contributed by atoms with van der Waals surface area (Å²) in [6.45, 7) is 10.6. The van der Waals surface area contributed by atoms with Crippen LogP contribution in [0.4, 0.5) is 4.39 Å². The van der Waals surface area contributed by atoms with E-state index >= 15 is 0 Å². The van der Waals surface area contributed by atoms with E-state index in [0.717, 1.165) is 22.8 Å². The predicted molar refractivity (Wildman–Crippen MR) is 152 cm³/mol. The van der Waals surface area contributed by atoms with Gasteiger partial charge in [0.1, 0.15) is 11.6 Å². The molecule has 3 rings (SSSR count). The van der Waals surface area contributed by atoms with E-state index in [0.29, 0.717) is 35.3 Å². The van der Waals surface area contributed by atoms with E-state index in [4.69, 9.17) is 14.2 Å². The van der Waals surface area contributed by atoms with Gasteiger partial charge in [-0.3, -0.25) is 0 Å². The van der Waals surface area contributed by atoms with Crippen LogP contribution in [0.1, 0.15) is 30.5 Å². The van der Waals surface area contributed by atoms with Crippen molar-refractivity contribution in [2.45, 2.75) is 26.7 Å². The lowest BCUT2D eigenvalue weighted by molar-refractivity contribution is -0.139. The third kappa shape index (κ3) is 9.20. The molecular weight excluding hydrogens is 511 g/mol. The Morgan fingerprint density at radius 1 is 0.750 bits per heavy atom. The zero-order valence-corrected chi connectivity index (χ0v) is 22.6. The highest BCUT2D eigenvalue weighted by Gasteiger charge is 2.07. The number of halogens is 1. The van der Waals surface area contributed by atoms with Crippen LogP contribution >= 0.6 is 0 Å². The lowest BCUT2D eigenvalue weighted by Crippen LogP contribution is -2.08. The molecule has 0 spiro atoms. The topological polar surface area (TPSA) is 78.9 Å². The molecule has 0 amide bonds. The first-order valence-electron chi connectivity index (χ1n) is 12.7. The summed E-state index contributed by atoms with van der Waals surface area (Å²) in [4.78, 5) is 35.2. The molecule has 0 aliphatic rings. The normalized spacial score (nSPS) is 10.7. The summed E-state index contributed by atoms with van der Waals surface area (Å²) in [6.07, 6.45) is 3.46. The van der Waals surface area contributed by atoms with Gasteiger partial charge in [-0.15, -0.1) is 0 Å². The van der Waals surface area contributed by atoms with Crippen molar-refractivity contribution >= 4 is 24.0 Å². The zero-order chi connectivity index (χ0) is 29.1. The van der Waals surface area contributed by atoms with Gasteiger partial charge in [-0.1, -0.05) is 61.7 Å². The van der Waals surface area contributed by atoms with Gasteiger partial charge in [0.15, 0.2) is 0 Å². The molecule has 0 saturated heterocycles. The van der Waals surface area contributed by atoms with Crippen LogP contribution in [0.15, 0.2) is 97.1 Å². The Hall–Kier alpha value is -4.78. The van der Waals surface area contributed by atoms with Crippen LogP contribution < -0.4 is 4.74 Å². The first-order chi connectivity index (χ1) is 19.1. The maximum atomic E-state index is 14.4. The minimum atomic E-state index is -0.639. The monoisotopic (exact) mass is 542 g/mol. The Labute approximate surface area is 233 Å². The highest BCUT2D eigenvalue weighted by Crippen LogP contribution is 2.23. The fourth-order valence-electron chi connectivity index (χ4n) is 3.52. The minimum absolute atomic E-state index is 0.117. The first kappa shape index (κ1) is 29.8. The molecule has 0 heterocycles. The van der Waals surface area contributed by atoms with Crippen molar-refractivity contribution < 1.29 is 33.0 Å². The molecule has 0 saturated carbocycles. The number of carbonyl (C=O) groups excluding carboxylic acids is 3. The Bertz CT molecular complexity index is 1420. The number of rotatable bonds is 12. The van der Waals surface area contributed by atoms with Gasteiger partial charge in [-0.05, 0) is 60.4 Å². The van der Waals surface area contributed by atoms with Gasteiger partial charge in [-0.2, -0.15) is 0 Å². The quantitative estimate of drug-likeness (QED) is 0.149. The van der Waals surface area contributed by atoms with Gasteiger partial charge in [-0.25, -0.2) is 18.8 Å². The van der Waals surface area contributed by atoms with E-state index in [-0.39, 0.29) is 18.8 Å². The number of hydrogen-bond acceptors (Lipinski definition) is 6. The molecule has 0 atom stereocenters. The Morgan fingerprint density at radius 3 is 1.77 bits per heavy atom. The molecule has 0 bridgehead atoms. The summed E-state index contributed by atoms with van der Waals surface area (Å²) >= 11 is 0. The molecule has 0 unspecified atom stereocenters. The van der Waals surface area contributed by atoms with Crippen LogP contribution in [0, 0.1) is 5.82 Å². The first-order valence-corrected chi connectivity index (χ1v) is 12.7. The second-order valence-corrected chi connectivity index (χ2v) is 9.16. The van der Waals surface area contributed by atoms with Crippen LogP contribution in [0.3, 0.4) is 0 Å². The third-order valence-corrected chi connectivity index (χ3v) is 5.77. The summed E-state index contributed by atoms with van der Waals surface area (Å²) < 4.78 is 29.9. The number of carbonyl (C=O) groups is 3. The number of benzene rings is 3. The SMILES string of the molecule is C=C(C)C(=O)OCCc1ccc(-c2ccc(OC(=O)/C=C/c3ccc(CCOC(=O)C(=C)C)cc3F)cc2)cc1. The number of ether oxygens (including phenoxy) is 3. The fourth-order valence-corrected chi connectivity index (χ4v) is 3.52. The summed E-state index contributed by atoms with van der Waals surface area (Å²) in [7, 11) is 0. The van der Waals surface area contributed by atoms with Gasteiger partial charge < -0.3 is 14.2 Å². The van der Waals surface area contributed by atoms with Crippen LogP contribution in [0.25, 0.3) is 17.2 Å². The Kier molecular flexibility index (Phi) is 10.7. The van der Waals surface area contributed by atoms with Crippen molar-refractivity contribution in [3.05, 3.63) is 120 Å². The molecule has 7 heteroatoms. The van der Waals surface area contributed by atoms with E-state index in [1.54, 1.807) is 38.1 Å². The maximum absolute atomic E-state index is 14.4. The van der Waals surface area contributed by atoms with E-state index < -0.39 is 23.7 Å². The fraction of sp³-hybridized carbons (Fsp3) is 0.182. The van der Waals surface area contributed by atoms with Crippen molar-refractivity contribution in [3.8, 4) is 16.9 Å². The van der Waals surface area contributed by atoms with Gasteiger partial charge in [0, 0.05) is 35.6 Å². The van der Waals surface area contributed by atoms with Crippen molar-refractivity contribution in [3.63, 3.8) is 0 Å². The van der Waals surface area contributed by atoms with Crippen LogP contribution in [-0.2, 0) is 36.7 Å². The summed E-state index contributed by atoms with van der Waals surface area (Å²) in [5.74, 6) is -1.67. The average molecular weight is 543 g/mol. The molecule has 0 aliphatic heterocycles. The summed E-state index contributed by atoms with van der Waals surface area (Å²) in [6, 6.07) is 19.5. The molecule has 40 heavy (non-hydrogen) atoms. The summed E-state index contributed by atoms with van der Waals surface area (Å²) in [5, 5.41) is 0. The summed E-state index contributed by atoms with van der Waals surface area (Å²) in [5.41, 5.74) is 4.51. The van der Waals surface area contributed by atoms with E-state index in [1.165, 1.54) is 12.1 Å². The standard InChI is InChI=1S/C33H31FO6/c1-22(2)32(36)38-19-17-24-5-8-26(9-6-24)27-11-14-29(15-12-27)40-31(35)16-13-28-10-7-25(21-30(28)34)18-20-39-33(37)23(3)4/h5-16,21H,1,3,17-20H2,2,4H3/b16-13+. The molecule has 0 fully saturated rings. The second kappa shape index (κ2) is 14.4. The largest absolute Gasteiger partial charge is 0.462 e. The molecule has 6 nitrogen and oxygen atoms in total. The molecule has 206 valence electrons. The molecule has 0 aromatic heterocycles. The molecule has 0 aliphatic carbocycles. The number of esters is 3. The zero-order valence-electron chi connectivity index (χ0n) is 22.6. The third-order valence-electron chi connectivity index (χ3n) is 5.77. The molecule has 0 radical (unpaired) electrons. The van der Waals surface area contributed by atoms with Crippen molar-refractivity contribution in [2.24, 2.45) is 0 Å². The van der Waals surface area contributed by atoms with E-state index in [2.05, 4.69) is 13.2 Å². The molecule has 3 aromatic carbocycles. The van der Waals surface area contributed by atoms with Gasteiger partial charge in [0.05, 0.1) is 13.2 Å². The average Bonchev–Trinajstić information content (AvgIpc) is 2.93. The van der Waals surface area contributed by atoms with Crippen LogP contribution in [0.2, 0.25) is 0 Å². The minimum Gasteiger partial charge on any atom is -0.462 e. The molecular formula is C33H31FO6. The smallest absolute Gasteiger partial charge is 0.336 e. The predicted octanol–water partition coefficient (Wildman–Crippen LogP) is 6.44. The van der Waals surface area contributed by atoms with Crippen molar-refractivity contribution in [2.75, 3.05) is 13.2 Å². The Balaban J connectivity index is 1.50. The lowest BCUT2D eigenvalue weighted by Gasteiger charge is -2.07. The van der Waals surface area contributed by atoms with Gasteiger partial charge in [0.25, 0.3) is 0 Å². The molecule has 0 N–H and O–H groups in total. The van der Waals surface area contributed by atoms with E-state index in [1.807, 2.05) is 36.4 Å². The van der Waals surface area contributed by atoms with Gasteiger partial charge in [0.2, 0.25) is 0 Å². The second-order valence-electron chi connectivity index (χ2n) is 9.16. The van der Waals surface area contributed by atoms with Gasteiger partial charge >= 0.3 is 17.9 Å². The highest BCUT2D eigenvalue weighted by molar-refractivity contribution is 5.89. The van der Waals surface area contributed by atoms with Crippen molar-refractivity contribution in [1.82, 2.24) is 0 Å². The molecule has 3 aromatic rings.